The largest absolute Gasteiger partial charge is 0.506 e. The van der Waals surface area contributed by atoms with E-state index in [1.54, 1.807) is 10.0 Å². The van der Waals surface area contributed by atoms with Gasteiger partial charge in [-0.15, -0.1) is 0 Å². The summed E-state index contributed by atoms with van der Waals surface area (Å²) in [4.78, 5) is 0. The molecule has 1 aromatic rings. The quantitative estimate of drug-likeness (QED) is 0.775. The highest BCUT2D eigenvalue weighted by molar-refractivity contribution is 6.33. The molecule has 0 spiro atoms. The Balaban J connectivity index is 2.07. The molecule has 2 aliphatic heterocycles. The first kappa shape index (κ1) is 14.9. The molecule has 1 unspecified atom stereocenters. The Morgan fingerprint density at radius 1 is 1.14 bits per heavy atom. The SMILES string of the molecule is Oc1cc(C2=C(Cl)N3CCCCCN3C2O)c(F)cc1Cl. The van der Waals surface area contributed by atoms with Crippen molar-refractivity contribution in [1.29, 1.82) is 0 Å². The lowest BCUT2D eigenvalue weighted by Gasteiger charge is -2.30. The Labute approximate surface area is 132 Å². The molecular weight excluding hydrogens is 318 g/mol. The molecule has 114 valence electrons. The minimum atomic E-state index is -1.02. The molecule has 0 radical (unpaired) electrons. The molecule has 0 bridgehead atoms. The van der Waals surface area contributed by atoms with Crippen LogP contribution in [0.2, 0.25) is 5.02 Å². The van der Waals surface area contributed by atoms with Gasteiger partial charge in [-0.2, -0.15) is 5.01 Å². The molecule has 2 aliphatic rings. The number of aliphatic hydroxyl groups is 1. The molecule has 1 saturated heterocycles. The lowest BCUT2D eigenvalue weighted by atomic mass is 10.0. The summed E-state index contributed by atoms with van der Waals surface area (Å²) in [6.45, 7) is 1.34. The first-order valence-corrected chi connectivity index (χ1v) is 7.56. The summed E-state index contributed by atoms with van der Waals surface area (Å²) >= 11 is 12.0. The summed E-state index contributed by atoms with van der Waals surface area (Å²) in [5, 5.41) is 23.9. The third-order valence-corrected chi connectivity index (χ3v) is 4.58. The van der Waals surface area contributed by atoms with Crippen molar-refractivity contribution in [3.05, 3.63) is 33.7 Å². The van der Waals surface area contributed by atoms with E-state index >= 15 is 0 Å². The van der Waals surface area contributed by atoms with Crippen molar-refractivity contribution in [1.82, 2.24) is 10.0 Å². The highest BCUT2D eigenvalue weighted by Crippen LogP contribution is 2.41. The van der Waals surface area contributed by atoms with Crippen LogP contribution in [-0.2, 0) is 0 Å². The van der Waals surface area contributed by atoms with Crippen molar-refractivity contribution in [2.45, 2.75) is 25.5 Å². The molecule has 0 aliphatic carbocycles. The Kier molecular flexibility index (Phi) is 4.01. The number of rotatable bonds is 1. The van der Waals surface area contributed by atoms with Gasteiger partial charge in [0.15, 0.2) is 6.23 Å². The van der Waals surface area contributed by atoms with Gasteiger partial charge in [0, 0.05) is 24.2 Å². The van der Waals surface area contributed by atoms with E-state index in [1.165, 1.54) is 6.07 Å². The maximum absolute atomic E-state index is 14.2. The van der Waals surface area contributed by atoms with E-state index in [4.69, 9.17) is 23.2 Å². The molecule has 0 saturated carbocycles. The topological polar surface area (TPSA) is 46.9 Å². The van der Waals surface area contributed by atoms with Gasteiger partial charge < -0.3 is 10.2 Å². The molecule has 0 amide bonds. The van der Waals surface area contributed by atoms with Gasteiger partial charge in [0.2, 0.25) is 0 Å². The summed E-state index contributed by atoms with van der Waals surface area (Å²) < 4.78 is 14.2. The molecule has 2 heterocycles. The van der Waals surface area contributed by atoms with Crippen LogP contribution >= 0.6 is 23.2 Å². The predicted molar refractivity (Wildman–Crippen MR) is 79.1 cm³/mol. The highest BCUT2D eigenvalue weighted by atomic mass is 35.5. The van der Waals surface area contributed by atoms with Crippen LogP contribution in [0.15, 0.2) is 17.3 Å². The number of hydrazine groups is 1. The number of halogens is 3. The average molecular weight is 333 g/mol. The zero-order valence-electron chi connectivity index (χ0n) is 11.2. The fourth-order valence-corrected chi connectivity index (χ4v) is 3.35. The third kappa shape index (κ3) is 2.48. The van der Waals surface area contributed by atoms with Crippen LogP contribution in [0, 0.1) is 5.82 Å². The fourth-order valence-electron chi connectivity index (χ4n) is 2.82. The van der Waals surface area contributed by atoms with Gasteiger partial charge in [0.05, 0.1) is 5.02 Å². The van der Waals surface area contributed by atoms with Crippen LogP contribution in [0.5, 0.6) is 5.75 Å². The van der Waals surface area contributed by atoms with Crippen molar-refractivity contribution in [2.75, 3.05) is 13.1 Å². The Morgan fingerprint density at radius 3 is 2.62 bits per heavy atom. The molecular formula is C14H15Cl2FN2O2. The van der Waals surface area contributed by atoms with E-state index in [0.717, 1.165) is 25.3 Å². The number of aliphatic hydroxyl groups excluding tert-OH is 1. The third-order valence-electron chi connectivity index (χ3n) is 3.88. The number of hydrogen-bond donors (Lipinski definition) is 2. The molecule has 2 N–H and O–H groups in total. The van der Waals surface area contributed by atoms with Crippen LogP contribution in [-0.4, -0.2) is 39.5 Å². The van der Waals surface area contributed by atoms with Crippen LogP contribution in [0.25, 0.3) is 5.57 Å². The van der Waals surface area contributed by atoms with Crippen LogP contribution in [0.3, 0.4) is 0 Å². The van der Waals surface area contributed by atoms with Crippen molar-refractivity contribution in [2.24, 2.45) is 0 Å². The molecule has 7 heteroatoms. The standard InChI is InChI=1S/C14H15Cl2FN2O2/c15-9-7-10(17)8(6-11(9)20)12-13(16)18-4-2-1-3-5-19(18)14(12)21/h6-7,14,20-21H,1-5H2. The first-order valence-electron chi connectivity index (χ1n) is 6.81. The van der Waals surface area contributed by atoms with Crippen molar-refractivity contribution in [3.8, 4) is 5.75 Å². The summed E-state index contributed by atoms with van der Waals surface area (Å²) in [6.07, 6.45) is 1.95. The highest BCUT2D eigenvalue weighted by Gasteiger charge is 2.39. The minimum absolute atomic E-state index is 0.0717. The molecule has 3 rings (SSSR count). The van der Waals surface area contributed by atoms with Gasteiger partial charge in [0.1, 0.15) is 16.7 Å². The van der Waals surface area contributed by atoms with Crippen LogP contribution < -0.4 is 0 Å². The van der Waals surface area contributed by atoms with Gasteiger partial charge >= 0.3 is 0 Å². The molecule has 1 fully saturated rings. The number of aromatic hydroxyl groups is 1. The average Bonchev–Trinajstić information content (AvgIpc) is 2.63. The van der Waals surface area contributed by atoms with Gasteiger partial charge in [-0.1, -0.05) is 29.6 Å². The number of nitrogens with zero attached hydrogens (tertiary/aromatic N) is 2. The smallest absolute Gasteiger partial charge is 0.153 e. The Hall–Kier alpha value is -1.01. The second kappa shape index (κ2) is 5.65. The summed E-state index contributed by atoms with van der Waals surface area (Å²) in [7, 11) is 0. The van der Waals surface area contributed by atoms with Crippen molar-refractivity contribution >= 4 is 28.8 Å². The first-order chi connectivity index (χ1) is 10.0. The second-order valence-electron chi connectivity index (χ2n) is 5.21. The Morgan fingerprint density at radius 2 is 1.86 bits per heavy atom. The zero-order valence-corrected chi connectivity index (χ0v) is 12.7. The van der Waals surface area contributed by atoms with Crippen LogP contribution in [0.1, 0.15) is 24.8 Å². The number of fused-ring (bicyclic) bond motifs is 1. The molecule has 4 nitrogen and oxygen atoms in total. The van der Waals surface area contributed by atoms with Gasteiger partial charge in [0.25, 0.3) is 0 Å². The molecule has 0 aromatic heterocycles. The fraction of sp³-hybridized carbons (Fsp3) is 0.429. The van der Waals surface area contributed by atoms with Gasteiger partial charge in [-0.25, -0.2) is 4.39 Å². The summed E-state index contributed by atoms with van der Waals surface area (Å²) in [6, 6.07) is 2.22. The van der Waals surface area contributed by atoms with E-state index in [9.17, 15) is 14.6 Å². The van der Waals surface area contributed by atoms with E-state index in [-0.39, 0.29) is 21.9 Å². The van der Waals surface area contributed by atoms with E-state index in [2.05, 4.69) is 0 Å². The molecule has 21 heavy (non-hydrogen) atoms. The number of benzene rings is 1. The molecule has 1 aromatic carbocycles. The molecule has 1 atom stereocenters. The van der Waals surface area contributed by atoms with Crippen molar-refractivity contribution < 1.29 is 14.6 Å². The van der Waals surface area contributed by atoms with Gasteiger partial charge in [-0.3, -0.25) is 5.01 Å². The van der Waals surface area contributed by atoms with E-state index < -0.39 is 12.0 Å². The normalized spacial score (nSPS) is 23.4. The van der Waals surface area contributed by atoms with E-state index in [1.807, 2.05) is 0 Å². The minimum Gasteiger partial charge on any atom is -0.506 e. The van der Waals surface area contributed by atoms with Gasteiger partial charge in [-0.05, 0) is 25.0 Å². The number of hydrogen-bond acceptors (Lipinski definition) is 4. The van der Waals surface area contributed by atoms with E-state index in [0.29, 0.717) is 18.2 Å². The lowest BCUT2D eigenvalue weighted by Crippen LogP contribution is -2.41. The number of phenolic OH excluding ortho intramolecular Hbond substituents is 1. The Bertz CT molecular complexity index is 609. The number of phenols is 1. The monoisotopic (exact) mass is 332 g/mol. The maximum atomic E-state index is 14.2. The predicted octanol–water partition coefficient (Wildman–Crippen LogP) is 3.13. The summed E-state index contributed by atoms with van der Waals surface area (Å²) in [5.74, 6) is -0.863. The van der Waals surface area contributed by atoms with Crippen molar-refractivity contribution in [3.63, 3.8) is 0 Å². The maximum Gasteiger partial charge on any atom is 0.153 e. The summed E-state index contributed by atoms with van der Waals surface area (Å²) in [5.41, 5.74) is 0.338. The zero-order chi connectivity index (χ0) is 15.1. The lowest BCUT2D eigenvalue weighted by molar-refractivity contribution is -0.0628. The second-order valence-corrected chi connectivity index (χ2v) is 5.97. The van der Waals surface area contributed by atoms with Crippen LogP contribution in [0.4, 0.5) is 4.39 Å².